The van der Waals surface area contributed by atoms with Crippen LogP contribution in [0.1, 0.15) is 5.56 Å². The van der Waals surface area contributed by atoms with Crippen molar-refractivity contribution in [2.75, 3.05) is 5.73 Å². The predicted molar refractivity (Wildman–Crippen MR) is 94.0 cm³/mol. The third-order valence-corrected chi connectivity index (χ3v) is 3.82. The second-order valence-electron chi connectivity index (χ2n) is 5.50. The van der Waals surface area contributed by atoms with Gasteiger partial charge in [-0.25, -0.2) is 9.97 Å². The molecule has 2 N–H and O–H groups in total. The van der Waals surface area contributed by atoms with E-state index in [0.717, 1.165) is 28.1 Å². The number of hydrogen-bond donors (Lipinski definition) is 1. The molecule has 0 aliphatic heterocycles. The molecule has 0 unspecified atom stereocenters. The topological polar surface area (TPSA) is 66.0 Å². The highest BCUT2D eigenvalue weighted by molar-refractivity contribution is 5.86. The number of fused-ring (bicyclic) bond motifs is 1. The Hall–Kier alpha value is -3.34. The number of nitrogen functional groups attached to an aromatic ring is 1. The van der Waals surface area contributed by atoms with Crippen molar-refractivity contribution in [1.82, 2.24) is 14.5 Å². The van der Waals surface area contributed by atoms with Gasteiger partial charge >= 0.3 is 0 Å². The van der Waals surface area contributed by atoms with Crippen LogP contribution in [0, 0.1) is 0 Å². The summed E-state index contributed by atoms with van der Waals surface area (Å²) in [6.45, 7) is 0.686. The molecule has 5 nitrogen and oxygen atoms in total. The van der Waals surface area contributed by atoms with Gasteiger partial charge in [0.15, 0.2) is 0 Å². The molecule has 0 fully saturated rings. The number of rotatable bonds is 4. The van der Waals surface area contributed by atoms with Crippen molar-refractivity contribution < 1.29 is 4.74 Å². The van der Waals surface area contributed by atoms with Crippen molar-refractivity contribution in [3.05, 3.63) is 78.8 Å². The average molecular weight is 316 g/mol. The van der Waals surface area contributed by atoms with Crippen LogP contribution in [0.15, 0.2) is 73.2 Å². The molecule has 24 heavy (non-hydrogen) atoms. The molecule has 2 aromatic carbocycles. The maximum absolute atomic E-state index is 5.89. The Morgan fingerprint density at radius 1 is 0.917 bits per heavy atom. The summed E-state index contributed by atoms with van der Waals surface area (Å²) in [6.07, 6.45) is 3.46. The summed E-state index contributed by atoms with van der Waals surface area (Å²) < 4.78 is 7.94. The molecule has 118 valence electrons. The first-order chi connectivity index (χ1) is 11.8. The lowest BCUT2D eigenvalue weighted by Gasteiger charge is -2.09. The highest BCUT2D eigenvalue weighted by Crippen LogP contribution is 2.23. The first-order valence-electron chi connectivity index (χ1n) is 7.67. The Balaban J connectivity index is 1.60. The smallest absolute Gasteiger partial charge is 0.145 e. The largest absolute Gasteiger partial charge is 0.457 e. The average Bonchev–Trinajstić information content (AvgIpc) is 3.01. The summed E-state index contributed by atoms with van der Waals surface area (Å²) in [5.41, 5.74) is 7.84. The number of ether oxygens (including phenoxy) is 1. The zero-order chi connectivity index (χ0) is 16.4. The summed E-state index contributed by atoms with van der Waals surface area (Å²) in [4.78, 5) is 8.35. The van der Waals surface area contributed by atoms with E-state index in [1.165, 1.54) is 6.33 Å². The van der Waals surface area contributed by atoms with Crippen LogP contribution in [0.3, 0.4) is 0 Å². The number of nitrogens with zero attached hydrogens (tertiary/aromatic N) is 3. The van der Waals surface area contributed by atoms with Crippen molar-refractivity contribution in [2.45, 2.75) is 6.54 Å². The van der Waals surface area contributed by atoms with E-state index < -0.39 is 0 Å². The van der Waals surface area contributed by atoms with E-state index in [1.807, 2.05) is 60.8 Å². The lowest BCUT2D eigenvalue weighted by Crippen LogP contribution is -2.00. The van der Waals surface area contributed by atoms with E-state index in [4.69, 9.17) is 10.5 Å². The summed E-state index contributed by atoms with van der Waals surface area (Å²) in [6, 6.07) is 19.7. The van der Waals surface area contributed by atoms with E-state index in [0.29, 0.717) is 12.4 Å². The van der Waals surface area contributed by atoms with Crippen molar-refractivity contribution in [2.24, 2.45) is 0 Å². The van der Waals surface area contributed by atoms with Crippen LogP contribution < -0.4 is 10.5 Å². The third-order valence-electron chi connectivity index (χ3n) is 3.82. The van der Waals surface area contributed by atoms with Gasteiger partial charge in [-0.15, -0.1) is 0 Å². The molecule has 5 heteroatoms. The summed E-state index contributed by atoms with van der Waals surface area (Å²) in [5.74, 6) is 2.13. The fourth-order valence-electron chi connectivity index (χ4n) is 2.68. The molecular weight excluding hydrogens is 300 g/mol. The van der Waals surface area contributed by atoms with E-state index in [9.17, 15) is 0 Å². The van der Waals surface area contributed by atoms with Crippen molar-refractivity contribution in [1.29, 1.82) is 0 Å². The van der Waals surface area contributed by atoms with Gasteiger partial charge in [0.2, 0.25) is 0 Å². The molecule has 0 bridgehead atoms. The molecule has 0 atom stereocenters. The van der Waals surface area contributed by atoms with Crippen LogP contribution in [-0.4, -0.2) is 14.5 Å². The van der Waals surface area contributed by atoms with Crippen molar-refractivity contribution in [3.8, 4) is 11.5 Å². The van der Waals surface area contributed by atoms with E-state index in [2.05, 4.69) is 20.6 Å². The maximum atomic E-state index is 5.89. The minimum Gasteiger partial charge on any atom is -0.457 e. The van der Waals surface area contributed by atoms with E-state index in [-0.39, 0.29) is 0 Å². The van der Waals surface area contributed by atoms with Gasteiger partial charge in [-0.2, -0.15) is 0 Å². The number of hydrogen-bond acceptors (Lipinski definition) is 4. The monoisotopic (exact) mass is 316 g/mol. The molecule has 2 heterocycles. The number of nitrogens with two attached hydrogens (primary N) is 1. The van der Waals surface area contributed by atoms with Gasteiger partial charge in [0.1, 0.15) is 29.3 Å². The molecule has 0 aliphatic rings. The van der Waals surface area contributed by atoms with Crippen LogP contribution in [0.25, 0.3) is 11.0 Å². The lowest BCUT2D eigenvalue weighted by atomic mass is 10.2. The molecule has 4 rings (SSSR count). The minimum atomic E-state index is 0.500. The van der Waals surface area contributed by atoms with E-state index in [1.54, 1.807) is 0 Å². The first kappa shape index (κ1) is 14.3. The van der Waals surface area contributed by atoms with Crippen LogP contribution in [0.2, 0.25) is 0 Å². The van der Waals surface area contributed by atoms with Gasteiger partial charge in [-0.05, 0) is 35.9 Å². The summed E-state index contributed by atoms with van der Waals surface area (Å²) in [5, 5.41) is 0.870. The molecule has 0 saturated heterocycles. The number of anilines is 1. The quantitative estimate of drug-likeness (QED) is 0.621. The fourth-order valence-corrected chi connectivity index (χ4v) is 2.68. The van der Waals surface area contributed by atoms with Crippen LogP contribution >= 0.6 is 0 Å². The Bertz CT molecular complexity index is 979. The Kier molecular flexibility index (Phi) is 3.59. The molecule has 0 radical (unpaired) electrons. The van der Waals surface area contributed by atoms with Crippen molar-refractivity contribution in [3.63, 3.8) is 0 Å². The Morgan fingerprint density at radius 2 is 1.75 bits per heavy atom. The zero-order valence-electron chi connectivity index (χ0n) is 13.0. The third kappa shape index (κ3) is 2.79. The number of benzene rings is 2. The van der Waals surface area contributed by atoms with Gasteiger partial charge < -0.3 is 15.0 Å². The maximum Gasteiger partial charge on any atom is 0.145 e. The van der Waals surface area contributed by atoms with Gasteiger partial charge in [-0.3, -0.25) is 0 Å². The number of aromatic nitrogens is 3. The number of para-hydroxylation sites is 1. The molecule has 2 aromatic heterocycles. The summed E-state index contributed by atoms with van der Waals surface area (Å²) in [7, 11) is 0. The molecule has 4 aromatic rings. The standard InChI is InChI=1S/C19H16N4O/c20-18-17-9-10-23(19(17)22-13-21-18)12-14-5-4-8-16(11-14)24-15-6-2-1-3-7-15/h1-11,13H,12H2,(H2,20,21,22). The van der Waals surface area contributed by atoms with Gasteiger partial charge in [0.05, 0.1) is 5.39 Å². The van der Waals surface area contributed by atoms with Crippen LogP contribution in [0.4, 0.5) is 5.82 Å². The highest BCUT2D eigenvalue weighted by Gasteiger charge is 2.07. The zero-order valence-corrected chi connectivity index (χ0v) is 13.0. The molecule has 0 aliphatic carbocycles. The van der Waals surface area contributed by atoms with Crippen LogP contribution in [0.5, 0.6) is 11.5 Å². The minimum absolute atomic E-state index is 0.500. The van der Waals surface area contributed by atoms with Gasteiger partial charge in [-0.1, -0.05) is 30.3 Å². The molecule has 0 amide bonds. The summed E-state index contributed by atoms with van der Waals surface area (Å²) >= 11 is 0. The van der Waals surface area contributed by atoms with Crippen molar-refractivity contribution >= 4 is 16.9 Å². The first-order valence-corrected chi connectivity index (χ1v) is 7.67. The SMILES string of the molecule is Nc1ncnc2c1ccn2Cc1cccc(Oc2ccccc2)c1. The van der Waals surface area contributed by atoms with E-state index >= 15 is 0 Å². The van der Waals surface area contributed by atoms with Gasteiger partial charge in [0, 0.05) is 12.7 Å². The molecule has 0 saturated carbocycles. The fraction of sp³-hybridized carbons (Fsp3) is 0.0526. The second kappa shape index (κ2) is 6.04. The predicted octanol–water partition coefficient (Wildman–Crippen LogP) is 3.85. The Morgan fingerprint density at radius 3 is 2.62 bits per heavy atom. The van der Waals surface area contributed by atoms with Crippen LogP contribution in [-0.2, 0) is 6.54 Å². The Labute approximate surface area is 139 Å². The normalized spacial score (nSPS) is 10.8. The highest BCUT2D eigenvalue weighted by atomic mass is 16.5. The second-order valence-corrected chi connectivity index (χ2v) is 5.50. The molecule has 0 spiro atoms. The van der Waals surface area contributed by atoms with Gasteiger partial charge in [0.25, 0.3) is 0 Å². The lowest BCUT2D eigenvalue weighted by molar-refractivity contribution is 0.482. The molecular formula is C19H16N4O.